The van der Waals surface area contributed by atoms with Crippen LogP contribution in [0, 0.1) is 12.3 Å². The van der Waals surface area contributed by atoms with E-state index in [0.717, 1.165) is 31.5 Å². The average Bonchev–Trinajstić information content (AvgIpc) is 2.99. The van der Waals surface area contributed by atoms with E-state index in [4.69, 9.17) is 0 Å². The standard InChI is InChI=1S/C19H36N4O/c1-5-7-9-11-13-19(4,14-12-10-8-6-2)18(24)20-15-17-21-16(3)22-23-17/h5-15H2,1-4H3,(H,20,24)(H,21,22,23). The maximum Gasteiger partial charge on any atom is 0.226 e. The minimum atomic E-state index is -0.271. The molecule has 5 heteroatoms. The smallest absolute Gasteiger partial charge is 0.226 e. The molecule has 0 atom stereocenters. The van der Waals surface area contributed by atoms with Gasteiger partial charge in [-0.05, 0) is 19.8 Å². The molecule has 0 unspecified atom stereocenters. The number of H-pyrrole nitrogens is 1. The van der Waals surface area contributed by atoms with Gasteiger partial charge in [0.2, 0.25) is 5.91 Å². The summed E-state index contributed by atoms with van der Waals surface area (Å²) in [7, 11) is 0. The fraction of sp³-hybridized carbons (Fsp3) is 0.842. The number of amides is 1. The molecule has 0 aliphatic carbocycles. The minimum Gasteiger partial charge on any atom is -0.348 e. The van der Waals surface area contributed by atoms with E-state index in [0.29, 0.717) is 12.4 Å². The van der Waals surface area contributed by atoms with Crippen LogP contribution < -0.4 is 5.32 Å². The number of rotatable bonds is 13. The normalized spacial score (nSPS) is 11.7. The van der Waals surface area contributed by atoms with Crippen molar-refractivity contribution < 1.29 is 4.79 Å². The number of aryl methyl sites for hydroxylation is 1. The number of nitrogens with one attached hydrogen (secondary N) is 2. The van der Waals surface area contributed by atoms with Crippen LogP contribution >= 0.6 is 0 Å². The molecule has 0 aliphatic heterocycles. The van der Waals surface area contributed by atoms with E-state index in [1.54, 1.807) is 0 Å². The topological polar surface area (TPSA) is 70.7 Å². The van der Waals surface area contributed by atoms with Gasteiger partial charge in [0.15, 0.2) is 5.82 Å². The van der Waals surface area contributed by atoms with Crippen LogP contribution in [0.4, 0.5) is 0 Å². The molecule has 0 saturated carbocycles. The first-order valence-electron chi connectivity index (χ1n) is 9.68. The highest BCUT2D eigenvalue weighted by atomic mass is 16.2. The van der Waals surface area contributed by atoms with Gasteiger partial charge in [-0.2, -0.15) is 5.10 Å². The van der Waals surface area contributed by atoms with Crippen LogP contribution in [0.3, 0.4) is 0 Å². The van der Waals surface area contributed by atoms with Gasteiger partial charge in [-0.25, -0.2) is 4.98 Å². The lowest BCUT2D eigenvalue weighted by Crippen LogP contribution is -2.39. The Morgan fingerprint density at radius 3 is 2.08 bits per heavy atom. The van der Waals surface area contributed by atoms with E-state index in [9.17, 15) is 4.79 Å². The predicted molar refractivity (Wildman–Crippen MR) is 98.6 cm³/mol. The first-order valence-corrected chi connectivity index (χ1v) is 9.68. The third kappa shape index (κ3) is 7.45. The number of aromatic amines is 1. The highest BCUT2D eigenvalue weighted by Gasteiger charge is 2.31. The molecular weight excluding hydrogens is 300 g/mol. The van der Waals surface area contributed by atoms with Gasteiger partial charge in [-0.1, -0.05) is 72.1 Å². The van der Waals surface area contributed by atoms with Crippen LogP contribution in [0.2, 0.25) is 0 Å². The summed E-state index contributed by atoms with van der Waals surface area (Å²) in [5.41, 5.74) is -0.271. The highest BCUT2D eigenvalue weighted by Crippen LogP contribution is 2.31. The van der Waals surface area contributed by atoms with Crippen molar-refractivity contribution in [1.29, 1.82) is 0 Å². The van der Waals surface area contributed by atoms with Gasteiger partial charge in [-0.3, -0.25) is 9.89 Å². The molecule has 2 N–H and O–H groups in total. The predicted octanol–water partition coefficient (Wildman–Crippen LogP) is 4.68. The zero-order valence-corrected chi connectivity index (χ0v) is 16.1. The van der Waals surface area contributed by atoms with Gasteiger partial charge in [0.1, 0.15) is 5.82 Å². The summed E-state index contributed by atoms with van der Waals surface area (Å²) in [5.74, 6) is 1.58. The van der Waals surface area contributed by atoms with Crippen molar-refractivity contribution in [2.75, 3.05) is 0 Å². The van der Waals surface area contributed by atoms with Crippen molar-refractivity contribution in [1.82, 2.24) is 20.5 Å². The fourth-order valence-corrected chi connectivity index (χ4v) is 3.08. The largest absolute Gasteiger partial charge is 0.348 e. The maximum absolute atomic E-state index is 12.8. The number of carbonyl (C=O) groups is 1. The van der Waals surface area contributed by atoms with Gasteiger partial charge >= 0.3 is 0 Å². The first kappa shape index (κ1) is 20.7. The molecule has 1 aromatic rings. The van der Waals surface area contributed by atoms with E-state index in [1.807, 2.05) is 6.92 Å². The Balaban J connectivity index is 2.54. The van der Waals surface area contributed by atoms with E-state index in [-0.39, 0.29) is 11.3 Å². The zero-order valence-electron chi connectivity index (χ0n) is 16.1. The number of carbonyl (C=O) groups excluding carboxylic acids is 1. The van der Waals surface area contributed by atoms with Gasteiger partial charge in [-0.15, -0.1) is 0 Å². The Morgan fingerprint density at radius 1 is 1.04 bits per heavy atom. The van der Waals surface area contributed by atoms with Gasteiger partial charge in [0, 0.05) is 5.41 Å². The van der Waals surface area contributed by atoms with E-state index >= 15 is 0 Å². The Hall–Kier alpha value is -1.39. The zero-order chi connectivity index (χ0) is 17.8. The lowest BCUT2D eigenvalue weighted by molar-refractivity contribution is -0.131. The van der Waals surface area contributed by atoms with E-state index in [1.165, 1.54) is 38.5 Å². The molecule has 0 spiro atoms. The number of nitrogens with zero attached hydrogens (tertiary/aromatic N) is 2. The highest BCUT2D eigenvalue weighted by molar-refractivity contribution is 5.82. The molecular formula is C19H36N4O. The minimum absolute atomic E-state index is 0.151. The van der Waals surface area contributed by atoms with Gasteiger partial charge in [0.05, 0.1) is 6.54 Å². The molecule has 0 saturated heterocycles. The quantitative estimate of drug-likeness (QED) is 0.514. The van der Waals surface area contributed by atoms with Crippen molar-refractivity contribution in [3.8, 4) is 0 Å². The molecule has 0 fully saturated rings. The molecule has 5 nitrogen and oxygen atoms in total. The molecule has 1 amide bonds. The molecule has 1 rings (SSSR count). The van der Waals surface area contributed by atoms with Crippen LogP contribution in [0.25, 0.3) is 0 Å². The summed E-state index contributed by atoms with van der Waals surface area (Å²) >= 11 is 0. The van der Waals surface area contributed by atoms with Crippen molar-refractivity contribution in [3.63, 3.8) is 0 Å². The van der Waals surface area contributed by atoms with Crippen molar-refractivity contribution in [2.24, 2.45) is 5.41 Å². The van der Waals surface area contributed by atoms with Crippen LogP contribution in [-0.4, -0.2) is 21.1 Å². The summed E-state index contributed by atoms with van der Waals surface area (Å²) < 4.78 is 0. The van der Waals surface area contributed by atoms with Crippen LogP contribution in [-0.2, 0) is 11.3 Å². The molecule has 0 aromatic carbocycles. The first-order chi connectivity index (χ1) is 11.5. The average molecular weight is 337 g/mol. The number of aromatic nitrogens is 3. The summed E-state index contributed by atoms with van der Waals surface area (Å²) in [6, 6.07) is 0. The lowest BCUT2D eigenvalue weighted by Gasteiger charge is -2.28. The second-order valence-electron chi connectivity index (χ2n) is 7.20. The van der Waals surface area contributed by atoms with Crippen molar-refractivity contribution in [2.45, 2.75) is 98.4 Å². The van der Waals surface area contributed by atoms with E-state index < -0.39 is 0 Å². The molecule has 0 bridgehead atoms. The lowest BCUT2D eigenvalue weighted by atomic mass is 9.78. The van der Waals surface area contributed by atoms with Crippen LogP contribution in [0.1, 0.15) is 96.6 Å². The Kier molecular flexibility index (Phi) is 9.65. The monoisotopic (exact) mass is 336 g/mol. The molecule has 0 radical (unpaired) electrons. The second kappa shape index (κ2) is 11.2. The summed E-state index contributed by atoms with van der Waals surface area (Å²) in [6.45, 7) is 8.83. The number of hydrogen-bond acceptors (Lipinski definition) is 3. The maximum atomic E-state index is 12.8. The molecule has 0 aliphatic rings. The molecule has 1 heterocycles. The SMILES string of the molecule is CCCCCCC(C)(CCCCCC)C(=O)NCc1n[nH]c(C)n1. The van der Waals surface area contributed by atoms with Crippen molar-refractivity contribution >= 4 is 5.91 Å². The summed E-state index contributed by atoms with van der Waals surface area (Å²) in [4.78, 5) is 17.1. The summed E-state index contributed by atoms with van der Waals surface area (Å²) in [6.07, 6.45) is 11.6. The van der Waals surface area contributed by atoms with Gasteiger partial charge < -0.3 is 5.32 Å². The Bertz CT molecular complexity index is 458. The van der Waals surface area contributed by atoms with Gasteiger partial charge in [0.25, 0.3) is 0 Å². The third-order valence-corrected chi connectivity index (χ3v) is 4.76. The number of unbranched alkanes of at least 4 members (excludes halogenated alkanes) is 6. The molecule has 24 heavy (non-hydrogen) atoms. The summed E-state index contributed by atoms with van der Waals surface area (Å²) in [5, 5.41) is 9.96. The second-order valence-corrected chi connectivity index (χ2v) is 7.20. The molecule has 1 aromatic heterocycles. The fourth-order valence-electron chi connectivity index (χ4n) is 3.08. The Morgan fingerprint density at radius 2 is 1.62 bits per heavy atom. The van der Waals surface area contributed by atoms with E-state index in [2.05, 4.69) is 41.3 Å². The number of hydrogen-bond donors (Lipinski definition) is 2. The third-order valence-electron chi connectivity index (χ3n) is 4.76. The van der Waals surface area contributed by atoms with Crippen molar-refractivity contribution in [3.05, 3.63) is 11.6 Å². The Labute approximate surface area is 147 Å². The van der Waals surface area contributed by atoms with Crippen LogP contribution in [0.15, 0.2) is 0 Å². The molecule has 138 valence electrons. The van der Waals surface area contributed by atoms with Crippen LogP contribution in [0.5, 0.6) is 0 Å².